The molecule has 1 N–H and O–H groups in total. The van der Waals surface area contributed by atoms with Crippen LogP contribution in [0, 0.1) is 5.92 Å². The lowest BCUT2D eigenvalue weighted by atomic mass is 9.98. The maximum absolute atomic E-state index is 11.2. The van der Waals surface area contributed by atoms with Crippen LogP contribution in [0.25, 0.3) is 22.2 Å². The van der Waals surface area contributed by atoms with E-state index in [4.69, 9.17) is 9.97 Å². The molecule has 2 aromatic carbocycles. The van der Waals surface area contributed by atoms with Crippen LogP contribution in [0.3, 0.4) is 0 Å². The minimum atomic E-state index is 0.0282. The minimum Gasteiger partial charge on any atom is -0.356 e. The van der Waals surface area contributed by atoms with E-state index in [1.54, 1.807) is 6.92 Å². The highest BCUT2D eigenvalue weighted by molar-refractivity contribution is 5.93. The third-order valence-electron chi connectivity index (χ3n) is 5.08. The van der Waals surface area contributed by atoms with Gasteiger partial charge in [-0.15, -0.1) is 0 Å². The third-order valence-corrected chi connectivity index (χ3v) is 5.08. The normalized spacial score (nSPS) is 17.1. The van der Waals surface area contributed by atoms with Crippen LogP contribution < -0.4 is 10.2 Å². The number of aromatic nitrogens is 2. The first-order valence-electron chi connectivity index (χ1n) is 9.52. The van der Waals surface area contributed by atoms with E-state index >= 15 is 0 Å². The van der Waals surface area contributed by atoms with E-state index in [9.17, 15) is 4.79 Å². The highest BCUT2D eigenvalue weighted by Gasteiger charge is 2.23. The van der Waals surface area contributed by atoms with Gasteiger partial charge in [-0.1, -0.05) is 48.5 Å². The average molecular weight is 360 g/mol. The smallest absolute Gasteiger partial charge is 0.226 e. The second-order valence-electron chi connectivity index (χ2n) is 7.15. The van der Waals surface area contributed by atoms with Gasteiger partial charge in [-0.25, -0.2) is 9.97 Å². The number of fused-ring (bicyclic) bond motifs is 1. The van der Waals surface area contributed by atoms with Crippen molar-refractivity contribution in [3.63, 3.8) is 0 Å². The number of carbonyl (C=O) groups excluding carboxylic acids is 1. The van der Waals surface area contributed by atoms with E-state index < -0.39 is 0 Å². The Morgan fingerprint density at radius 2 is 1.89 bits per heavy atom. The number of hydrogen-bond donors (Lipinski definition) is 1. The van der Waals surface area contributed by atoms with E-state index in [0.29, 0.717) is 12.5 Å². The molecular weight excluding hydrogens is 336 g/mol. The zero-order valence-corrected chi connectivity index (χ0v) is 15.6. The van der Waals surface area contributed by atoms with Crippen molar-refractivity contribution in [2.24, 2.45) is 5.92 Å². The fraction of sp³-hybridized carbons (Fsp3) is 0.318. The number of hydrogen-bond acceptors (Lipinski definition) is 4. The molecule has 1 aliphatic rings. The predicted molar refractivity (Wildman–Crippen MR) is 109 cm³/mol. The van der Waals surface area contributed by atoms with E-state index in [0.717, 1.165) is 54.0 Å². The average Bonchev–Trinajstić information content (AvgIpc) is 2.72. The molecule has 5 heteroatoms. The Bertz CT molecular complexity index is 941. The fourth-order valence-corrected chi connectivity index (χ4v) is 3.72. The summed E-state index contributed by atoms with van der Waals surface area (Å²) in [5.74, 6) is 1.23. The van der Waals surface area contributed by atoms with Crippen LogP contribution in [-0.2, 0) is 4.79 Å². The van der Waals surface area contributed by atoms with Gasteiger partial charge in [-0.3, -0.25) is 4.79 Å². The first-order chi connectivity index (χ1) is 13.2. The molecule has 1 unspecified atom stereocenters. The largest absolute Gasteiger partial charge is 0.356 e. The van der Waals surface area contributed by atoms with Crippen molar-refractivity contribution < 1.29 is 4.79 Å². The maximum Gasteiger partial charge on any atom is 0.226 e. The lowest BCUT2D eigenvalue weighted by molar-refractivity contribution is -0.119. The molecule has 5 nitrogen and oxygen atoms in total. The van der Waals surface area contributed by atoms with Crippen LogP contribution in [0.1, 0.15) is 19.8 Å². The number of carbonyl (C=O) groups is 1. The van der Waals surface area contributed by atoms with Gasteiger partial charge >= 0.3 is 0 Å². The van der Waals surface area contributed by atoms with E-state index in [2.05, 4.69) is 28.4 Å². The van der Waals surface area contributed by atoms with Crippen molar-refractivity contribution in [3.05, 3.63) is 54.6 Å². The molecule has 0 spiro atoms. The zero-order valence-electron chi connectivity index (χ0n) is 15.6. The van der Waals surface area contributed by atoms with Crippen LogP contribution >= 0.6 is 0 Å². The summed E-state index contributed by atoms with van der Waals surface area (Å²) >= 11 is 0. The molecule has 0 radical (unpaired) electrons. The molecule has 138 valence electrons. The molecule has 27 heavy (non-hydrogen) atoms. The quantitative estimate of drug-likeness (QED) is 0.772. The molecule has 0 aliphatic carbocycles. The molecule has 1 atom stereocenters. The molecule has 1 aromatic heterocycles. The summed E-state index contributed by atoms with van der Waals surface area (Å²) < 4.78 is 0. The van der Waals surface area contributed by atoms with E-state index in [-0.39, 0.29) is 5.91 Å². The summed E-state index contributed by atoms with van der Waals surface area (Å²) in [4.78, 5) is 23.3. The van der Waals surface area contributed by atoms with Gasteiger partial charge in [0.2, 0.25) is 11.9 Å². The molecule has 0 bridgehead atoms. The Morgan fingerprint density at radius 1 is 1.11 bits per heavy atom. The maximum atomic E-state index is 11.2. The number of anilines is 1. The molecule has 1 fully saturated rings. The zero-order chi connectivity index (χ0) is 18.6. The lowest BCUT2D eigenvalue weighted by Gasteiger charge is -2.33. The standard InChI is InChI=1S/C22H24N4O/c1-16(27)23-14-17-8-7-13-26(15-17)22-24-20-12-6-5-11-19(20)21(25-22)18-9-3-2-4-10-18/h2-6,9-12,17H,7-8,13-15H2,1H3,(H,23,27). The Hall–Kier alpha value is -2.95. The first kappa shape index (κ1) is 17.5. The molecule has 1 saturated heterocycles. The van der Waals surface area contributed by atoms with Gasteiger partial charge in [0.1, 0.15) is 0 Å². The Labute approximate surface area is 159 Å². The second kappa shape index (κ2) is 7.74. The van der Waals surface area contributed by atoms with Crippen LogP contribution in [0.5, 0.6) is 0 Å². The molecule has 4 rings (SSSR count). The molecule has 0 saturated carbocycles. The number of nitrogens with one attached hydrogen (secondary N) is 1. The van der Waals surface area contributed by atoms with Crippen LogP contribution in [0.4, 0.5) is 5.95 Å². The molecule has 1 aliphatic heterocycles. The summed E-state index contributed by atoms with van der Waals surface area (Å²) in [6.07, 6.45) is 2.21. The van der Waals surface area contributed by atoms with Crippen molar-refractivity contribution in [2.75, 3.05) is 24.5 Å². The number of amides is 1. The summed E-state index contributed by atoms with van der Waals surface area (Å²) in [7, 11) is 0. The van der Waals surface area contributed by atoms with Gasteiger partial charge in [0.25, 0.3) is 0 Å². The lowest BCUT2D eigenvalue weighted by Crippen LogP contribution is -2.41. The van der Waals surface area contributed by atoms with Gasteiger partial charge in [-0.05, 0) is 24.8 Å². The minimum absolute atomic E-state index is 0.0282. The van der Waals surface area contributed by atoms with Crippen molar-refractivity contribution in [1.29, 1.82) is 0 Å². The summed E-state index contributed by atoms with van der Waals surface area (Å²) in [6.45, 7) is 4.10. The van der Waals surface area contributed by atoms with Crippen molar-refractivity contribution in [1.82, 2.24) is 15.3 Å². The second-order valence-corrected chi connectivity index (χ2v) is 7.15. The topological polar surface area (TPSA) is 58.1 Å². The third kappa shape index (κ3) is 3.92. The highest BCUT2D eigenvalue weighted by Crippen LogP contribution is 2.29. The van der Waals surface area contributed by atoms with Gasteiger partial charge < -0.3 is 10.2 Å². The monoisotopic (exact) mass is 360 g/mol. The summed E-state index contributed by atoms with van der Waals surface area (Å²) in [5.41, 5.74) is 3.04. The number of piperidine rings is 1. The number of benzene rings is 2. The van der Waals surface area contributed by atoms with Crippen LogP contribution in [0.15, 0.2) is 54.6 Å². The predicted octanol–water partition coefficient (Wildman–Crippen LogP) is 3.65. The highest BCUT2D eigenvalue weighted by atomic mass is 16.1. The van der Waals surface area contributed by atoms with Crippen LogP contribution in [0.2, 0.25) is 0 Å². The van der Waals surface area contributed by atoms with Crippen molar-refractivity contribution in [2.45, 2.75) is 19.8 Å². The van der Waals surface area contributed by atoms with Gasteiger partial charge in [-0.2, -0.15) is 0 Å². The Morgan fingerprint density at radius 3 is 2.70 bits per heavy atom. The van der Waals surface area contributed by atoms with Gasteiger partial charge in [0, 0.05) is 37.5 Å². The molecular formula is C22H24N4O. The number of para-hydroxylation sites is 1. The Balaban J connectivity index is 1.69. The SMILES string of the molecule is CC(=O)NCC1CCCN(c2nc(-c3ccccc3)c3ccccc3n2)C1. The molecule has 1 amide bonds. The van der Waals surface area contributed by atoms with Crippen molar-refractivity contribution in [3.8, 4) is 11.3 Å². The van der Waals surface area contributed by atoms with Gasteiger partial charge in [0.05, 0.1) is 11.2 Å². The summed E-state index contributed by atoms with van der Waals surface area (Å²) in [6, 6.07) is 18.5. The fourth-order valence-electron chi connectivity index (χ4n) is 3.72. The Kier molecular flexibility index (Phi) is 5.01. The number of rotatable bonds is 4. The van der Waals surface area contributed by atoms with E-state index in [1.807, 2.05) is 36.4 Å². The van der Waals surface area contributed by atoms with E-state index in [1.165, 1.54) is 0 Å². The first-order valence-corrected chi connectivity index (χ1v) is 9.52. The van der Waals surface area contributed by atoms with Crippen molar-refractivity contribution >= 4 is 22.8 Å². The van der Waals surface area contributed by atoms with Crippen LogP contribution in [-0.4, -0.2) is 35.5 Å². The molecule has 3 aromatic rings. The number of nitrogens with zero attached hydrogens (tertiary/aromatic N) is 3. The van der Waals surface area contributed by atoms with Gasteiger partial charge in [0.15, 0.2) is 0 Å². The summed E-state index contributed by atoms with van der Waals surface area (Å²) in [5, 5.41) is 4.02. The molecule has 2 heterocycles.